The van der Waals surface area contributed by atoms with Gasteiger partial charge in [-0.2, -0.15) is 0 Å². The van der Waals surface area contributed by atoms with Crippen molar-refractivity contribution in [1.29, 1.82) is 0 Å². The molecule has 0 aliphatic heterocycles. The van der Waals surface area contributed by atoms with E-state index in [9.17, 15) is 9.59 Å². The summed E-state index contributed by atoms with van der Waals surface area (Å²) >= 11 is 0. The number of hydrogen-bond donors (Lipinski definition) is 0. The van der Waals surface area contributed by atoms with Crippen molar-refractivity contribution in [3.8, 4) is 0 Å². The van der Waals surface area contributed by atoms with E-state index < -0.39 is 5.41 Å². The molecule has 0 N–H and O–H groups in total. The van der Waals surface area contributed by atoms with E-state index in [1.165, 1.54) is 9.80 Å². The average molecular weight is 310 g/mol. The van der Waals surface area contributed by atoms with Gasteiger partial charge in [0, 0.05) is 25.5 Å². The standard InChI is InChI=1S/C19H22N2O2/c1-19(2,17(22)20(3)15-11-7-5-8-12-15)18(23)21(4)16-13-9-6-10-14-16/h5-14H,1-4H3. The summed E-state index contributed by atoms with van der Waals surface area (Å²) in [4.78, 5) is 28.7. The van der Waals surface area contributed by atoms with Crippen LogP contribution in [0.15, 0.2) is 60.7 Å². The average Bonchev–Trinajstić information content (AvgIpc) is 2.60. The number of carbonyl (C=O) groups is 2. The topological polar surface area (TPSA) is 40.6 Å². The molecule has 0 saturated heterocycles. The number of anilines is 2. The fourth-order valence-corrected chi connectivity index (χ4v) is 2.47. The van der Waals surface area contributed by atoms with Gasteiger partial charge in [-0.25, -0.2) is 0 Å². The van der Waals surface area contributed by atoms with Gasteiger partial charge in [-0.05, 0) is 38.1 Å². The summed E-state index contributed by atoms with van der Waals surface area (Å²) in [7, 11) is 3.38. The van der Waals surface area contributed by atoms with Crippen molar-refractivity contribution in [1.82, 2.24) is 0 Å². The molecular weight excluding hydrogens is 288 g/mol. The van der Waals surface area contributed by atoms with Crippen LogP contribution < -0.4 is 9.80 Å². The van der Waals surface area contributed by atoms with Crippen LogP contribution in [-0.2, 0) is 9.59 Å². The van der Waals surface area contributed by atoms with E-state index in [1.54, 1.807) is 27.9 Å². The maximum atomic E-state index is 12.8. The molecule has 120 valence electrons. The van der Waals surface area contributed by atoms with E-state index in [0.717, 1.165) is 11.4 Å². The summed E-state index contributed by atoms with van der Waals surface area (Å²) in [5.41, 5.74) is 0.372. The number of carbonyl (C=O) groups excluding carboxylic acids is 2. The molecule has 0 spiro atoms. The highest BCUT2D eigenvalue weighted by Gasteiger charge is 2.40. The zero-order valence-corrected chi connectivity index (χ0v) is 14.0. The van der Waals surface area contributed by atoms with Crippen LogP contribution in [0.3, 0.4) is 0 Å². The van der Waals surface area contributed by atoms with Gasteiger partial charge in [0.25, 0.3) is 0 Å². The highest BCUT2D eigenvalue weighted by molar-refractivity contribution is 6.15. The van der Waals surface area contributed by atoms with Crippen molar-refractivity contribution >= 4 is 23.2 Å². The molecule has 0 bridgehead atoms. The van der Waals surface area contributed by atoms with Crippen LogP contribution >= 0.6 is 0 Å². The first-order chi connectivity index (χ1) is 10.9. The Balaban J connectivity index is 2.23. The molecule has 0 atom stereocenters. The Morgan fingerprint density at radius 2 is 1.00 bits per heavy atom. The third kappa shape index (κ3) is 3.42. The molecule has 2 aromatic carbocycles. The molecular formula is C19H22N2O2. The molecule has 23 heavy (non-hydrogen) atoms. The monoisotopic (exact) mass is 310 g/mol. The van der Waals surface area contributed by atoms with Gasteiger partial charge < -0.3 is 9.80 Å². The molecule has 0 aromatic heterocycles. The quantitative estimate of drug-likeness (QED) is 0.813. The molecule has 0 aliphatic carbocycles. The third-order valence-electron chi connectivity index (χ3n) is 3.97. The highest BCUT2D eigenvalue weighted by Crippen LogP contribution is 2.27. The molecule has 2 rings (SSSR count). The fourth-order valence-electron chi connectivity index (χ4n) is 2.47. The summed E-state index contributed by atoms with van der Waals surface area (Å²) in [5, 5.41) is 0. The maximum Gasteiger partial charge on any atom is 0.241 e. The second-order valence-corrected chi connectivity index (χ2v) is 6.02. The van der Waals surface area contributed by atoms with E-state index in [4.69, 9.17) is 0 Å². The van der Waals surface area contributed by atoms with Crippen LogP contribution in [0, 0.1) is 5.41 Å². The summed E-state index contributed by atoms with van der Waals surface area (Å²) in [6, 6.07) is 18.6. The summed E-state index contributed by atoms with van der Waals surface area (Å²) in [6.07, 6.45) is 0. The molecule has 0 saturated carbocycles. The van der Waals surface area contributed by atoms with Crippen molar-refractivity contribution in [3.63, 3.8) is 0 Å². The Morgan fingerprint density at radius 3 is 1.30 bits per heavy atom. The second-order valence-electron chi connectivity index (χ2n) is 6.02. The minimum Gasteiger partial charge on any atom is -0.315 e. The predicted molar refractivity (Wildman–Crippen MR) is 93.5 cm³/mol. The first-order valence-electron chi connectivity index (χ1n) is 7.52. The SMILES string of the molecule is CN(C(=O)C(C)(C)C(=O)N(C)c1ccccc1)c1ccccc1. The summed E-state index contributed by atoms with van der Waals surface area (Å²) in [6.45, 7) is 3.33. The van der Waals surface area contributed by atoms with Crippen molar-refractivity contribution in [2.45, 2.75) is 13.8 Å². The molecule has 0 unspecified atom stereocenters. The minimum atomic E-state index is -1.16. The highest BCUT2D eigenvalue weighted by atomic mass is 16.2. The molecule has 0 fully saturated rings. The number of rotatable bonds is 4. The van der Waals surface area contributed by atoms with Gasteiger partial charge in [0.05, 0.1) is 0 Å². The van der Waals surface area contributed by atoms with Crippen LogP contribution in [0.4, 0.5) is 11.4 Å². The lowest BCUT2D eigenvalue weighted by Gasteiger charge is -2.32. The zero-order chi connectivity index (χ0) is 17.0. The lowest BCUT2D eigenvalue weighted by molar-refractivity contribution is -0.137. The number of amides is 2. The Labute approximate surface area is 137 Å². The van der Waals surface area contributed by atoms with E-state index in [1.807, 2.05) is 60.7 Å². The van der Waals surface area contributed by atoms with Crippen LogP contribution in [0.2, 0.25) is 0 Å². The number of benzene rings is 2. The largest absolute Gasteiger partial charge is 0.315 e. The van der Waals surface area contributed by atoms with Crippen LogP contribution in [0.25, 0.3) is 0 Å². The van der Waals surface area contributed by atoms with Gasteiger partial charge in [-0.1, -0.05) is 36.4 Å². The van der Waals surface area contributed by atoms with Crippen LogP contribution in [0.1, 0.15) is 13.8 Å². The van der Waals surface area contributed by atoms with Gasteiger partial charge in [-0.3, -0.25) is 9.59 Å². The van der Waals surface area contributed by atoms with E-state index in [2.05, 4.69) is 0 Å². The Bertz CT molecular complexity index is 622. The van der Waals surface area contributed by atoms with Crippen molar-refractivity contribution in [2.75, 3.05) is 23.9 Å². The second kappa shape index (κ2) is 6.65. The van der Waals surface area contributed by atoms with Crippen LogP contribution in [0.5, 0.6) is 0 Å². The number of nitrogens with zero attached hydrogens (tertiary/aromatic N) is 2. The molecule has 0 heterocycles. The Kier molecular flexibility index (Phi) is 4.84. The van der Waals surface area contributed by atoms with Crippen molar-refractivity contribution in [3.05, 3.63) is 60.7 Å². The fraction of sp³-hybridized carbons (Fsp3) is 0.263. The zero-order valence-electron chi connectivity index (χ0n) is 14.0. The van der Waals surface area contributed by atoms with Gasteiger partial charge >= 0.3 is 0 Å². The summed E-state index contributed by atoms with van der Waals surface area (Å²) in [5.74, 6) is -0.479. The molecule has 4 heteroatoms. The Morgan fingerprint density at radius 1 is 0.696 bits per heavy atom. The maximum absolute atomic E-state index is 12.8. The summed E-state index contributed by atoms with van der Waals surface area (Å²) < 4.78 is 0. The normalized spacial score (nSPS) is 11.0. The molecule has 4 nitrogen and oxygen atoms in total. The van der Waals surface area contributed by atoms with Crippen molar-refractivity contribution in [2.24, 2.45) is 5.41 Å². The third-order valence-corrected chi connectivity index (χ3v) is 3.97. The number of hydrogen-bond acceptors (Lipinski definition) is 2. The van der Waals surface area contributed by atoms with E-state index in [0.29, 0.717) is 0 Å². The van der Waals surface area contributed by atoms with Gasteiger partial charge in [0.15, 0.2) is 0 Å². The minimum absolute atomic E-state index is 0.239. The van der Waals surface area contributed by atoms with Crippen molar-refractivity contribution < 1.29 is 9.59 Å². The van der Waals surface area contributed by atoms with Gasteiger partial charge in [-0.15, -0.1) is 0 Å². The smallest absolute Gasteiger partial charge is 0.241 e. The molecule has 2 amide bonds. The lowest BCUT2D eigenvalue weighted by Crippen LogP contribution is -2.49. The first-order valence-corrected chi connectivity index (χ1v) is 7.52. The van der Waals surface area contributed by atoms with E-state index >= 15 is 0 Å². The van der Waals surface area contributed by atoms with Gasteiger partial charge in [0.2, 0.25) is 11.8 Å². The molecule has 2 aromatic rings. The molecule has 0 radical (unpaired) electrons. The molecule has 0 aliphatic rings. The number of para-hydroxylation sites is 2. The lowest BCUT2D eigenvalue weighted by atomic mass is 9.89. The van der Waals surface area contributed by atoms with Gasteiger partial charge in [0.1, 0.15) is 5.41 Å². The Hall–Kier alpha value is -2.62. The van der Waals surface area contributed by atoms with E-state index in [-0.39, 0.29) is 11.8 Å². The first kappa shape index (κ1) is 16.7. The predicted octanol–water partition coefficient (Wildman–Crippen LogP) is 3.34. The van der Waals surface area contributed by atoms with Crippen LogP contribution in [-0.4, -0.2) is 25.9 Å².